The molecule has 3 aromatic carbocycles. The lowest BCUT2D eigenvalue weighted by molar-refractivity contribution is -0.142. The molecule has 4 aromatic rings. The van der Waals surface area contributed by atoms with Crippen LogP contribution in [0.25, 0.3) is 22.1 Å². The van der Waals surface area contributed by atoms with Crippen molar-refractivity contribution < 1.29 is 23.8 Å². The Morgan fingerprint density at radius 2 is 1.83 bits per heavy atom. The molecule has 3 N–H and O–H groups in total. The molecule has 0 aliphatic heterocycles. The summed E-state index contributed by atoms with van der Waals surface area (Å²) in [5, 5.41) is 11.4. The molecule has 0 unspecified atom stereocenters. The van der Waals surface area contributed by atoms with E-state index in [0.29, 0.717) is 36.9 Å². The summed E-state index contributed by atoms with van der Waals surface area (Å²) in [5.74, 6) is 0.836. The minimum Gasteiger partial charge on any atom is -0.489 e. The van der Waals surface area contributed by atoms with Gasteiger partial charge in [-0.15, -0.1) is 0 Å². The maximum Gasteiger partial charge on any atom is 0.310 e. The van der Waals surface area contributed by atoms with Gasteiger partial charge < -0.3 is 24.7 Å². The van der Waals surface area contributed by atoms with Gasteiger partial charge in [-0.1, -0.05) is 36.4 Å². The maximum absolute atomic E-state index is 12.0. The Morgan fingerprint density at radius 3 is 2.57 bits per heavy atom. The second kappa shape index (κ2) is 10.3. The van der Waals surface area contributed by atoms with Crippen LogP contribution in [0.3, 0.4) is 0 Å². The molecule has 1 heterocycles. The van der Waals surface area contributed by atoms with Crippen LogP contribution in [-0.2, 0) is 34.7 Å². The molecule has 0 bridgehead atoms. The molecule has 35 heavy (non-hydrogen) atoms. The Bertz CT molecular complexity index is 1330. The summed E-state index contributed by atoms with van der Waals surface area (Å²) in [6, 6.07) is 21.4. The van der Waals surface area contributed by atoms with E-state index in [0.717, 1.165) is 33.2 Å². The Kier molecular flexibility index (Phi) is 7.24. The van der Waals surface area contributed by atoms with E-state index in [1.807, 2.05) is 66.7 Å². The fourth-order valence-electron chi connectivity index (χ4n) is 4.00. The SMILES string of the molecule is CCOC(=O)Cc1ccccc1OCc1cc(-c2cccc(CN)c2)c2oc(C(C)(C)O)cc2c1. The lowest BCUT2D eigenvalue weighted by atomic mass is 9.98. The molecule has 0 atom stereocenters. The quantitative estimate of drug-likeness (QED) is 0.313. The normalized spacial score (nSPS) is 11.6. The number of carbonyl (C=O) groups is 1. The van der Waals surface area contributed by atoms with E-state index < -0.39 is 5.60 Å². The topological polar surface area (TPSA) is 94.9 Å². The van der Waals surface area contributed by atoms with Crippen LogP contribution in [0.5, 0.6) is 5.75 Å². The number of carbonyl (C=O) groups excluding carboxylic acids is 1. The van der Waals surface area contributed by atoms with Gasteiger partial charge in [-0.05, 0) is 67.8 Å². The monoisotopic (exact) mass is 473 g/mol. The summed E-state index contributed by atoms with van der Waals surface area (Å²) in [6.45, 7) is 6.25. The van der Waals surface area contributed by atoms with Gasteiger partial charge in [0.25, 0.3) is 0 Å². The van der Waals surface area contributed by atoms with E-state index in [4.69, 9.17) is 19.6 Å². The highest BCUT2D eigenvalue weighted by atomic mass is 16.5. The first-order valence-corrected chi connectivity index (χ1v) is 11.7. The van der Waals surface area contributed by atoms with Crippen molar-refractivity contribution in [2.45, 2.75) is 45.9 Å². The highest BCUT2D eigenvalue weighted by Crippen LogP contribution is 2.36. The number of aliphatic hydroxyl groups is 1. The average Bonchev–Trinajstić information content (AvgIpc) is 3.28. The fourth-order valence-corrected chi connectivity index (χ4v) is 4.00. The number of nitrogens with two attached hydrogens (primary N) is 1. The first kappa shape index (κ1) is 24.5. The van der Waals surface area contributed by atoms with E-state index in [2.05, 4.69) is 0 Å². The summed E-state index contributed by atoms with van der Waals surface area (Å²) in [7, 11) is 0. The van der Waals surface area contributed by atoms with Crippen LogP contribution in [0.4, 0.5) is 0 Å². The molecule has 182 valence electrons. The molecule has 0 aliphatic rings. The van der Waals surface area contributed by atoms with Crippen LogP contribution < -0.4 is 10.5 Å². The number of esters is 1. The highest BCUT2D eigenvalue weighted by Gasteiger charge is 2.23. The van der Waals surface area contributed by atoms with E-state index in [1.165, 1.54) is 0 Å². The first-order chi connectivity index (χ1) is 16.8. The fraction of sp³-hybridized carbons (Fsp3) is 0.276. The van der Waals surface area contributed by atoms with Crippen molar-refractivity contribution in [2.75, 3.05) is 6.61 Å². The number of fused-ring (bicyclic) bond motifs is 1. The van der Waals surface area contributed by atoms with Gasteiger partial charge in [-0.3, -0.25) is 4.79 Å². The zero-order chi connectivity index (χ0) is 25.0. The molecular weight excluding hydrogens is 442 g/mol. The first-order valence-electron chi connectivity index (χ1n) is 11.7. The number of rotatable bonds is 9. The molecule has 0 amide bonds. The van der Waals surface area contributed by atoms with Gasteiger partial charge in [0.15, 0.2) is 0 Å². The summed E-state index contributed by atoms with van der Waals surface area (Å²) >= 11 is 0. The van der Waals surface area contributed by atoms with Crippen LogP contribution in [0.2, 0.25) is 0 Å². The van der Waals surface area contributed by atoms with Crippen molar-refractivity contribution in [3.8, 4) is 16.9 Å². The molecular formula is C29H31NO5. The minimum absolute atomic E-state index is 0.150. The third-order valence-corrected chi connectivity index (χ3v) is 5.76. The Morgan fingerprint density at radius 1 is 1.03 bits per heavy atom. The van der Waals surface area contributed by atoms with Gasteiger partial charge in [0.2, 0.25) is 0 Å². The highest BCUT2D eigenvalue weighted by molar-refractivity contribution is 5.94. The predicted octanol–water partition coefficient (Wildman–Crippen LogP) is 5.47. The van der Waals surface area contributed by atoms with E-state index in [1.54, 1.807) is 20.8 Å². The van der Waals surface area contributed by atoms with Crippen molar-refractivity contribution in [1.82, 2.24) is 0 Å². The van der Waals surface area contributed by atoms with Gasteiger partial charge in [0, 0.05) is 23.1 Å². The second-order valence-corrected chi connectivity index (χ2v) is 9.01. The molecule has 6 nitrogen and oxygen atoms in total. The van der Waals surface area contributed by atoms with E-state index in [-0.39, 0.29) is 12.4 Å². The predicted molar refractivity (Wildman–Crippen MR) is 136 cm³/mol. The molecule has 4 rings (SSSR count). The second-order valence-electron chi connectivity index (χ2n) is 9.01. The largest absolute Gasteiger partial charge is 0.489 e. The van der Waals surface area contributed by atoms with Crippen LogP contribution in [-0.4, -0.2) is 17.7 Å². The molecule has 0 fully saturated rings. The van der Waals surface area contributed by atoms with Crippen LogP contribution in [0.15, 0.2) is 71.1 Å². The molecule has 0 aliphatic carbocycles. The molecule has 0 spiro atoms. The Labute approximate surface area is 205 Å². The zero-order valence-electron chi connectivity index (χ0n) is 20.3. The van der Waals surface area contributed by atoms with E-state index in [9.17, 15) is 9.90 Å². The van der Waals surface area contributed by atoms with E-state index >= 15 is 0 Å². The standard InChI is InChI=1S/C29H31NO5/c1-4-33-27(31)16-22-9-5-6-11-25(22)34-18-20-13-23-15-26(29(2,3)32)35-28(23)24(14-20)21-10-7-8-19(12-21)17-30/h5-15,32H,4,16-18,30H2,1-3H3. The molecule has 0 radical (unpaired) electrons. The number of ether oxygens (including phenoxy) is 2. The summed E-state index contributed by atoms with van der Waals surface area (Å²) < 4.78 is 17.4. The molecule has 1 aromatic heterocycles. The van der Waals surface area contributed by atoms with Gasteiger partial charge in [0.1, 0.15) is 29.3 Å². The Hall–Kier alpha value is -3.61. The maximum atomic E-state index is 12.0. The minimum atomic E-state index is -1.11. The molecule has 0 saturated heterocycles. The van der Waals surface area contributed by atoms with Crippen molar-refractivity contribution >= 4 is 16.9 Å². The molecule has 6 heteroatoms. The van der Waals surface area contributed by atoms with Crippen molar-refractivity contribution in [1.29, 1.82) is 0 Å². The van der Waals surface area contributed by atoms with Crippen molar-refractivity contribution in [3.05, 3.63) is 89.2 Å². The van der Waals surface area contributed by atoms with Crippen LogP contribution in [0.1, 0.15) is 43.2 Å². The lowest BCUT2D eigenvalue weighted by Crippen LogP contribution is -2.13. The third kappa shape index (κ3) is 5.73. The Balaban J connectivity index is 1.71. The number of hydrogen-bond acceptors (Lipinski definition) is 6. The number of hydrogen-bond donors (Lipinski definition) is 2. The van der Waals surface area contributed by atoms with Gasteiger partial charge >= 0.3 is 5.97 Å². The van der Waals surface area contributed by atoms with Crippen molar-refractivity contribution in [3.63, 3.8) is 0 Å². The van der Waals surface area contributed by atoms with Crippen LogP contribution in [0, 0.1) is 0 Å². The zero-order valence-corrected chi connectivity index (χ0v) is 20.3. The van der Waals surface area contributed by atoms with Gasteiger partial charge in [0.05, 0.1) is 13.0 Å². The lowest BCUT2D eigenvalue weighted by Gasteiger charge is -2.13. The van der Waals surface area contributed by atoms with Crippen LogP contribution >= 0.6 is 0 Å². The summed E-state index contributed by atoms with van der Waals surface area (Å²) in [4.78, 5) is 12.0. The van der Waals surface area contributed by atoms with Gasteiger partial charge in [-0.2, -0.15) is 0 Å². The summed E-state index contributed by atoms with van der Waals surface area (Å²) in [6.07, 6.45) is 0.150. The number of furan rings is 1. The molecule has 0 saturated carbocycles. The average molecular weight is 474 g/mol. The third-order valence-electron chi connectivity index (χ3n) is 5.76. The number of para-hydroxylation sites is 1. The summed E-state index contributed by atoms with van der Waals surface area (Å²) in [5.41, 5.74) is 10.0. The number of benzene rings is 3. The van der Waals surface area contributed by atoms with Crippen molar-refractivity contribution in [2.24, 2.45) is 5.73 Å². The smallest absolute Gasteiger partial charge is 0.310 e. The van der Waals surface area contributed by atoms with Gasteiger partial charge in [-0.25, -0.2) is 0 Å².